The molecule has 0 N–H and O–H groups in total. The summed E-state index contributed by atoms with van der Waals surface area (Å²) in [5.74, 6) is 2.80. The molecule has 7 heteroatoms. The van der Waals surface area contributed by atoms with Gasteiger partial charge in [0.05, 0.1) is 11.1 Å². The molecule has 2 aromatic heterocycles. The lowest BCUT2D eigenvalue weighted by Crippen LogP contribution is -2.23. The third-order valence-electron chi connectivity index (χ3n) is 5.20. The van der Waals surface area contributed by atoms with E-state index < -0.39 is 0 Å². The minimum absolute atomic E-state index is 0.187. The van der Waals surface area contributed by atoms with Crippen LogP contribution in [0, 0.1) is 0 Å². The highest BCUT2D eigenvalue weighted by atomic mass is 32.1. The van der Waals surface area contributed by atoms with Crippen molar-refractivity contribution in [1.29, 1.82) is 0 Å². The molecular weight excluding hydrogens is 446 g/mol. The molecule has 34 heavy (non-hydrogen) atoms. The zero-order valence-corrected chi connectivity index (χ0v) is 19.5. The number of nitrogens with zero attached hydrogens (tertiary/aromatic N) is 3. The number of thiazole rings is 1. The summed E-state index contributed by atoms with van der Waals surface area (Å²) in [6.07, 6.45) is 3.96. The maximum absolute atomic E-state index is 12.9. The zero-order chi connectivity index (χ0) is 23.3. The fourth-order valence-corrected chi connectivity index (χ4v) is 4.34. The van der Waals surface area contributed by atoms with Gasteiger partial charge in [-0.05, 0) is 66.6 Å². The minimum atomic E-state index is -0.187. The van der Waals surface area contributed by atoms with E-state index in [4.69, 9.17) is 9.47 Å². The molecule has 0 aliphatic heterocycles. The van der Waals surface area contributed by atoms with Gasteiger partial charge in [0.25, 0.3) is 5.56 Å². The van der Waals surface area contributed by atoms with Crippen LogP contribution in [-0.4, -0.2) is 21.2 Å². The van der Waals surface area contributed by atoms with Gasteiger partial charge in [-0.1, -0.05) is 55.0 Å². The maximum Gasteiger partial charge on any atom is 0.291 e. The second kappa shape index (κ2) is 9.89. The molecule has 0 bridgehead atoms. The second-order valence-electron chi connectivity index (χ2n) is 7.76. The summed E-state index contributed by atoms with van der Waals surface area (Å²) in [4.78, 5) is 18.1. The van der Waals surface area contributed by atoms with Gasteiger partial charge in [-0.2, -0.15) is 9.50 Å². The van der Waals surface area contributed by atoms with Crippen molar-refractivity contribution in [2.24, 2.45) is 0 Å². The molecule has 0 unspecified atom stereocenters. The van der Waals surface area contributed by atoms with Crippen LogP contribution in [-0.2, 0) is 0 Å². The van der Waals surface area contributed by atoms with E-state index in [0.29, 0.717) is 27.7 Å². The fraction of sp³-hybridized carbons (Fsp3) is 0.148. The van der Waals surface area contributed by atoms with Gasteiger partial charge in [0.15, 0.2) is 5.82 Å². The summed E-state index contributed by atoms with van der Waals surface area (Å²) in [5, 5.41) is 4.44. The highest BCUT2D eigenvalue weighted by molar-refractivity contribution is 7.15. The third-order valence-corrected chi connectivity index (χ3v) is 6.15. The van der Waals surface area contributed by atoms with E-state index in [0.717, 1.165) is 35.5 Å². The van der Waals surface area contributed by atoms with Crippen LogP contribution in [0.15, 0.2) is 83.7 Å². The highest BCUT2D eigenvalue weighted by Crippen LogP contribution is 2.23. The quantitative estimate of drug-likeness (QED) is 0.287. The summed E-state index contributed by atoms with van der Waals surface area (Å²) in [6, 6.07) is 24.8. The van der Waals surface area contributed by atoms with E-state index in [1.807, 2.05) is 84.9 Å². The normalized spacial score (nSPS) is 11.7. The number of aromatic nitrogens is 3. The van der Waals surface area contributed by atoms with Crippen LogP contribution in [0.3, 0.4) is 0 Å². The van der Waals surface area contributed by atoms with Gasteiger partial charge in [-0.25, -0.2) is 0 Å². The number of benzene rings is 3. The van der Waals surface area contributed by atoms with E-state index >= 15 is 0 Å². The van der Waals surface area contributed by atoms with E-state index in [1.54, 1.807) is 0 Å². The van der Waals surface area contributed by atoms with E-state index in [2.05, 4.69) is 17.0 Å². The predicted octanol–water partition coefficient (Wildman–Crippen LogP) is 5.34. The Morgan fingerprint density at radius 1 is 0.941 bits per heavy atom. The summed E-state index contributed by atoms with van der Waals surface area (Å²) in [6.45, 7) is 2.84. The maximum atomic E-state index is 12.9. The molecule has 0 saturated carbocycles. The number of rotatable bonds is 8. The molecule has 0 amide bonds. The van der Waals surface area contributed by atoms with Crippen LogP contribution in [0.4, 0.5) is 0 Å². The molecule has 3 aromatic carbocycles. The first-order valence-corrected chi connectivity index (χ1v) is 12.0. The SMILES string of the molecule is CCCCOc1ccc(-c2nc3s/c(=C/c4cccc(Oc5ccccc5)c4)c(=O)n3n2)cc1. The smallest absolute Gasteiger partial charge is 0.291 e. The Labute approximate surface area is 200 Å². The van der Waals surface area contributed by atoms with Crippen LogP contribution >= 0.6 is 11.3 Å². The topological polar surface area (TPSA) is 65.7 Å². The van der Waals surface area contributed by atoms with Crippen molar-refractivity contribution in [2.45, 2.75) is 19.8 Å². The lowest BCUT2D eigenvalue weighted by atomic mass is 10.2. The van der Waals surface area contributed by atoms with E-state index in [1.165, 1.54) is 15.9 Å². The Hall–Kier alpha value is -3.97. The van der Waals surface area contributed by atoms with Crippen molar-refractivity contribution in [3.05, 3.63) is 99.3 Å². The van der Waals surface area contributed by atoms with Crippen LogP contribution in [0.1, 0.15) is 25.3 Å². The van der Waals surface area contributed by atoms with Crippen molar-refractivity contribution in [3.63, 3.8) is 0 Å². The second-order valence-corrected chi connectivity index (χ2v) is 8.77. The van der Waals surface area contributed by atoms with Gasteiger partial charge in [0.1, 0.15) is 17.2 Å². The zero-order valence-electron chi connectivity index (χ0n) is 18.7. The molecular formula is C27H23N3O3S. The molecule has 0 saturated heterocycles. The minimum Gasteiger partial charge on any atom is -0.494 e. The van der Waals surface area contributed by atoms with Crippen LogP contribution in [0.5, 0.6) is 17.2 Å². The molecule has 2 heterocycles. The number of unbranched alkanes of at least 4 members (excludes halogenated alkanes) is 1. The Bertz CT molecular complexity index is 1510. The van der Waals surface area contributed by atoms with E-state index in [-0.39, 0.29) is 5.56 Å². The monoisotopic (exact) mass is 469 g/mol. The number of fused-ring (bicyclic) bond motifs is 1. The molecule has 0 radical (unpaired) electrons. The number of ether oxygens (including phenoxy) is 2. The average Bonchev–Trinajstić information content (AvgIpc) is 3.40. The average molecular weight is 470 g/mol. The van der Waals surface area contributed by atoms with Crippen molar-refractivity contribution in [1.82, 2.24) is 14.6 Å². The molecule has 5 rings (SSSR count). The Kier molecular flexibility index (Phi) is 6.35. The number of hydrogen-bond acceptors (Lipinski definition) is 6. The van der Waals surface area contributed by atoms with Crippen LogP contribution in [0.25, 0.3) is 22.4 Å². The standard InChI is InChI=1S/C27H23N3O3S/c1-2-3-16-32-21-14-12-20(13-15-21)25-28-27-30(29-25)26(31)24(34-27)18-19-8-7-11-23(17-19)33-22-9-5-4-6-10-22/h4-15,17-18H,2-3,16H2,1H3/b24-18+. The first-order valence-electron chi connectivity index (χ1n) is 11.2. The lowest BCUT2D eigenvalue weighted by Gasteiger charge is -2.05. The van der Waals surface area contributed by atoms with Crippen molar-refractivity contribution >= 4 is 22.4 Å². The van der Waals surface area contributed by atoms with Gasteiger partial charge in [-0.3, -0.25) is 4.79 Å². The molecule has 5 aromatic rings. The molecule has 0 spiro atoms. The van der Waals surface area contributed by atoms with Crippen molar-refractivity contribution in [2.75, 3.05) is 6.61 Å². The number of hydrogen-bond donors (Lipinski definition) is 0. The molecule has 0 aliphatic carbocycles. The summed E-state index contributed by atoms with van der Waals surface area (Å²) in [7, 11) is 0. The van der Waals surface area contributed by atoms with Gasteiger partial charge < -0.3 is 9.47 Å². The summed E-state index contributed by atoms with van der Waals surface area (Å²) >= 11 is 1.32. The predicted molar refractivity (Wildman–Crippen MR) is 135 cm³/mol. The van der Waals surface area contributed by atoms with Crippen LogP contribution < -0.4 is 19.6 Å². The molecule has 0 aliphatic rings. The Morgan fingerprint density at radius 2 is 1.74 bits per heavy atom. The third kappa shape index (κ3) is 4.84. The van der Waals surface area contributed by atoms with E-state index in [9.17, 15) is 4.79 Å². The van der Waals surface area contributed by atoms with Gasteiger partial charge in [0, 0.05) is 5.56 Å². The van der Waals surface area contributed by atoms with Crippen molar-refractivity contribution in [3.8, 4) is 28.6 Å². The highest BCUT2D eigenvalue weighted by Gasteiger charge is 2.12. The fourth-order valence-electron chi connectivity index (χ4n) is 3.43. The van der Waals surface area contributed by atoms with Gasteiger partial charge >= 0.3 is 0 Å². The largest absolute Gasteiger partial charge is 0.494 e. The Balaban J connectivity index is 1.38. The van der Waals surface area contributed by atoms with Gasteiger partial charge in [-0.15, -0.1) is 5.10 Å². The Morgan fingerprint density at radius 3 is 2.50 bits per heavy atom. The number of para-hydroxylation sites is 1. The van der Waals surface area contributed by atoms with Crippen LogP contribution in [0.2, 0.25) is 0 Å². The summed E-state index contributed by atoms with van der Waals surface area (Å²) < 4.78 is 13.5. The van der Waals surface area contributed by atoms with Crippen molar-refractivity contribution < 1.29 is 9.47 Å². The molecule has 0 fully saturated rings. The molecule has 6 nitrogen and oxygen atoms in total. The first kappa shape index (κ1) is 21.9. The molecule has 170 valence electrons. The molecule has 0 atom stereocenters. The van der Waals surface area contributed by atoms with Gasteiger partial charge in [0.2, 0.25) is 4.96 Å². The lowest BCUT2D eigenvalue weighted by molar-refractivity contribution is 0.309. The summed E-state index contributed by atoms with van der Waals surface area (Å²) in [5.41, 5.74) is 1.52. The first-order chi connectivity index (χ1) is 16.7.